The second-order valence-corrected chi connectivity index (χ2v) is 11.1. The van der Waals surface area contributed by atoms with Crippen molar-refractivity contribution in [1.29, 1.82) is 0 Å². The lowest BCUT2D eigenvalue weighted by atomic mass is 9.92. The predicted octanol–water partition coefficient (Wildman–Crippen LogP) is 3.35. The largest absolute Gasteiger partial charge is 0.474 e. The number of aromatic nitrogens is 2. The molecule has 1 saturated carbocycles. The molecule has 0 aliphatic heterocycles. The van der Waals surface area contributed by atoms with Gasteiger partial charge in [-0.2, -0.15) is 0 Å². The molecule has 0 bridgehead atoms. The maximum atomic E-state index is 12.6. The van der Waals surface area contributed by atoms with Crippen molar-refractivity contribution >= 4 is 41.7 Å². The standard InChI is InChI=1S/C20H26N4O3S2/c1-23(2)13-5-7-14(8-6-13)27-19-18-16-11-15(29(25,26)24(3)4)9-10-17(16)28-20(18)22-12-21-19/h9-14H,5-8H2,1-4H3. The van der Waals surface area contributed by atoms with Crippen LogP contribution in [0.1, 0.15) is 25.7 Å². The fourth-order valence-corrected chi connectivity index (χ4v) is 5.80. The average molecular weight is 435 g/mol. The molecule has 29 heavy (non-hydrogen) atoms. The molecule has 1 aromatic carbocycles. The van der Waals surface area contributed by atoms with Crippen molar-refractivity contribution < 1.29 is 13.2 Å². The molecule has 0 spiro atoms. The van der Waals surface area contributed by atoms with Crippen molar-refractivity contribution in [3.05, 3.63) is 24.5 Å². The molecule has 156 valence electrons. The van der Waals surface area contributed by atoms with Crippen molar-refractivity contribution in [2.75, 3.05) is 28.2 Å². The van der Waals surface area contributed by atoms with Gasteiger partial charge in [0.05, 0.1) is 10.3 Å². The first-order valence-electron chi connectivity index (χ1n) is 9.70. The third kappa shape index (κ3) is 3.84. The molecule has 0 N–H and O–H groups in total. The average Bonchev–Trinajstić information content (AvgIpc) is 3.07. The Hall–Kier alpha value is -1.81. The van der Waals surface area contributed by atoms with E-state index in [1.54, 1.807) is 12.1 Å². The van der Waals surface area contributed by atoms with Crippen LogP contribution in [0, 0.1) is 0 Å². The van der Waals surface area contributed by atoms with Crippen LogP contribution in [0.4, 0.5) is 0 Å². The lowest BCUT2D eigenvalue weighted by Crippen LogP contribution is -2.35. The summed E-state index contributed by atoms with van der Waals surface area (Å²) in [6.45, 7) is 0. The molecule has 4 rings (SSSR count). The number of fused-ring (bicyclic) bond motifs is 3. The minimum atomic E-state index is -3.52. The quantitative estimate of drug-likeness (QED) is 0.613. The Morgan fingerprint density at radius 1 is 1.07 bits per heavy atom. The number of hydrogen-bond acceptors (Lipinski definition) is 7. The smallest absolute Gasteiger partial charge is 0.242 e. The molecule has 2 heterocycles. The number of nitrogens with zero attached hydrogens (tertiary/aromatic N) is 4. The van der Waals surface area contributed by atoms with Crippen LogP contribution in [0.2, 0.25) is 0 Å². The van der Waals surface area contributed by atoms with Crippen LogP contribution in [0.25, 0.3) is 20.3 Å². The zero-order valence-corrected chi connectivity index (χ0v) is 18.8. The number of ether oxygens (including phenoxy) is 1. The van der Waals surface area contributed by atoms with E-state index in [1.165, 1.54) is 36.1 Å². The van der Waals surface area contributed by atoms with Gasteiger partial charge >= 0.3 is 0 Å². The van der Waals surface area contributed by atoms with E-state index in [2.05, 4.69) is 29.0 Å². The van der Waals surface area contributed by atoms with E-state index in [4.69, 9.17) is 4.74 Å². The van der Waals surface area contributed by atoms with Crippen LogP contribution >= 0.6 is 11.3 Å². The van der Waals surface area contributed by atoms with E-state index in [0.717, 1.165) is 46.0 Å². The zero-order chi connectivity index (χ0) is 20.8. The molecule has 0 saturated heterocycles. The molecule has 1 fully saturated rings. The van der Waals surface area contributed by atoms with Gasteiger partial charge in [-0.15, -0.1) is 11.3 Å². The molecule has 9 heteroatoms. The Morgan fingerprint density at radius 3 is 2.45 bits per heavy atom. The van der Waals surface area contributed by atoms with E-state index in [-0.39, 0.29) is 11.0 Å². The number of benzene rings is 1. The van der Waals surface area contributed by atoms with Crippen molar-refractivity contribution in [3.63, 3.8) is 0 Å². The second-order valence-electron chi connectivity index (χ2n) is 7.92. The summed E-state index contributed by atoms with van der Waals surface area (Å²) < 4.78 is 33.7. The number of rotatable bonds is 5. The maximum Gasteiger partial charge on any atom is 0.242 e. The van der Waals surface area contributed by atoms with Gasteiger partial charge in [0.15, 0.2) is 0 Å². The SMILES string of the molecule is CN(C)C1CCC(Oc2ncnc3sc4ccc(S(=O)(=O)N(C)C)cc4c23)CC1. The summed E-state index contributed by atoms with van der Waals surface area (Å²) in [4.78, 5) is 12.2. The molecule has 0 atom stereocenters. The molecule has 0 amide bonds. The normalized spacial score (nSPS) is 20.8. The third-order valence-electron chi connectivity index (χ3n) is 5.64. The summed E-state index contributed by atoms with van der Waals surface area (Å²) in [5.74, 6) is 0.550. The summed E-state index contributed by atoms with van der Waals surface area (Å²) in [7, 11) is 3.80. The second kappa shape index (κ2) is 7.79. The van der Waals surface area contributed by atoms with Crippen LogP contribution < -0.4 is 4.74 Å². The van der Waals surface area contributed by atoms with Gasteiger partial charge in [-0.05, 0) is 58.0 Å². The Morgan fingerprint density at radius 2 is 1.79 bits per heavy atom. The van der Waals surface area contributed by atoms with Crippen molar-refractivity contribution in [2.24, 2.45) is 0 Å². The molecule has 2 aromatic heterocycles. The summed E-state index contributed by atoms with van der Waals surface area (Å²) in [5, 5.41) is 1.63. The van der Waals surface area contributed by atoms with Gasteiger partial charge in [0.1, 0.15) is 17.3 Å². The summed E-state index contributed by atoms with van der Waals surface area (Å²) in [6.07, 6.45) is 5.81. The van der Waals surface area contributed by atoms with E-state index < -0.39 is 10.0 Å². The van der Waals surface area contributed by atoms with Crippen LogP contribution in [0.5, 0.6) is 5.88 Å². The number of hydrogen-bond donors (Lipinski definition) is 0. The molecular formula is C20H26N4O3S2. The zero-order valence-electron chi connectivity index (χ0n) is 17.1. The fraction of sp³-hybridized carbons (Fsp3) is 0.500. The van der Waals surface area contributed by atoms with Crippen molar-refractivity contribution in [3.8, 4) is 5.88 Å². The predicted molar refractivity (Wildman–Crippen MR) is 116 cm³/mol. The Balaban J connectivity index is 1.72. The molecule has 0 radical (unpaired) electrons. The van der Waals surface area contributed by atoms with Gasteiger partial charge < -0.3 is 9.64 Å². The third-order valence-corrected chi connectivity index (χ3v) is 8.53. The number of thiophene rings is 1. The molecular weight excluding hydrogens is 408 g/mol. The van der Waals surface area contributed by atoms with Crippen LogP contribution in [-0.4, -0.2) is 67.9 Å². The topological polar surface area (TPSA) is 75.6 Å². The monoisotopic (exact) mass is 434 g/mol. The highest BCUT2D eigenvalue weighted by Gasteiger charge is 2.26. The summed E-state index contributed by atoms with van der Waals surface area (Å²) >= 11 is 1.52. The highest BCUT2D eigenvalue weighted by atomic mass is 32.2. The van der Waals surface area contributed by atoms with E-state index in [0.29, 0.717) is 11.9 Å². The van der Waals surface area contributed by atoms with E-state index in [9.17, 15) is 8.42 Å². The van der Waals surface area contributed by atoms with E-state index >= 15 is 0 Å². The van der Waals surface area contributed by atoms with Gasteiger partial charge in [-0.1, -0.05) is 0 Å². The van der Waals surface area contributed by atoms with Gasteiger partial charge in [0.2, 0.25) is 15.9 Å². The molecule has 0 unspecified atom stereocenters. The van der Waals surface area contributed by atoms with Gasteiger partial charge in [-0.3, -0.25) is 0 Å². The minimum Gasteiger partial charge on any atom is -0.474 e. The summed E-state index contributed by atoms with van der Waals surface area (Å²) in [5.41, 5.74) is 0. The Bertz CT molecular complexity index is 1130. The minimum absolute atomic E-state index is 0.118. The molecule has 1 aliphatic carbocycles. The highest BCUT2D eigenvalue weighted by Crippen LogP contribution is 2.39. The molecule has 7 nitrogen and oxygen atoms in total. The Kier molecular flexibility index (Phi) is 5.50. The molecule has 3 aromatic rings. The van der Waals surface area contributed by atoms with Gasteiger partial charge in [-0.25, -0.2) is 22.7 Å². The van der Waals surface area contributed by atoms with Crippen LogP contribution in [0.3, 0.4) is 0 Å². The molecule has 1 aliphatic rings. The fourth-order valence-electron chi connectivity index (χ4n) is 3.86. The van der Waals surface area contributed by atoms with E-state index in [1.807, 2.05) is 6.07 Å². The first-order valence-corrected chi connectivity index (χ1v) is 12.0. The van der Waals surface area contributed by atoms with Gasteiger partial charge in [0, 0.05) is 30.2 Å². The first-order chi connectivity index (χ1) is 13.8. The lowest BCUT2D eigenvalue weighted by Gasteiger charge is -2.32. The van der Waals surface area contributed by atoms with Gasteiger partial charge in [0.25, 0.3) is 0 Å². The Labute approximate surface area is 175 Å². The lowest BCUT2D eigenvalue weighted by molar-refractivity contribution is 0.108. The maximum absolute atomic E-state index is 12.6. The van der Waals surface area contributed by atoms with Crippen molar-refractivity contribution in [1.82, 2.24) is 19.2 Å². The number of sulfonamides is 1. The summed E-state index contributed by atoms with van der Waals surface area (Å²) in [6, 6.07) is 5.79. The highest BCUT2D eigenvalue weighted by molar-refractivity contribution is 7.89. The van der Waals surface area contributed by atoms with Crippen LogP contribution in [0.15, 0.2) is 29.4 Å². The van der Waals surface area contributed by atoms with Crippen LogP contribution in [-0.2, 0) is 10.0 Å². The first kappa shape index (κ1) is 20.5. The van der Waals surface area contributed by atoms with Crippen molar-refractivity contribution in [2.45, 2.75) is 42.7 Å².